The van der Waals surface area contributed by atoms with Crippen LogP contribution in [0.1, 0.15) is 27.2 Å². The summed E-state index contributed by atoms with van der Waals surface area (Å²) in [5.74, 6) is 0.608. The normalized spacial score (nSPS) is 10.5. The maximum Gasteiger partial charge on any atom is 0.255 e. The van der Waals surface area contributed by atoms with Gasteiger partial charge in [-0.25, -0.2) is 4.68 Å². The van der Waals surface area contributed by atoms with Crippen LogP contribution in [0.3, 0.4) is 0 Å². The molecule has 0 spiro atoms. The van der Waals surface area contributed by atoms with Crippen LogP contribution in [0.2, 0.25) is 0 Å². The monoisotopic (exact) mass is 335 g/mol. The molecule has 0 unspecified atom stereocenters. The van der Waals surface area contributed by atoms with Gasteiger partial charge < -0.3 is 10.1 Å². The SMILES string of the molecule is COc1ccccc1CNC(=O)c1cnn(-c2ccc(C)cc2)c1C. The number of hydrogen-bond donors (Lipinski definition) is 1. The fraction of sp³-hybridized carbons (Fsp3) is 0.200. The van der Waals surface area contributed by atoms with Crippen LogP contribution in [0.4, 0.5) is 0 Å². The van der Waals surface area contributed by atoms with E-state index in [2.05, 4.69) is 10.4 Å². The molecule has 0 saturated carbocycles. The Morgan fingerprint density at radius 3 is 2.56 bits per heavy atom. The molecular weight excluding hydrogens is 314 g/mol. The molecule has 5 nitrogen and oxygen atoms in total. The van der Waals surface area contributed by atoms with E-state index in [0.29, 0.717) is 12.1 Å². The fourth-order valence-electron chi connectivity index (χ4n) is 2.70. The first-order valence-corrected chi connectivity index (χ1v) is 8.12. The van der Waals surface area contributed by atoms with Gasteiger partial charge in [0.25, 0.3) is 5.91 Å². The van der Waals surface area contributed by atoms with E-state index < -0.39 is 0 Å². The Kier molecular flexibility index (Phi) is 4.84. The van der Waals surface area contributed by atoms with Crippen LogP contribution in [0.5, 0.6) is 5.75 Å². The van der Waals surface area contributed by atoms with E-state index in [1.165, 1.54) is 5.56 Å². The minimum Gasteiger partial charge on any atom is -0.496 e. The largest absolute Gasteiger partial charge is 0.496 e. The number of carbonyl (C=O) groups is 1. The number of nitrogens with zero attached hydrogens (tertiary/aromatic N) is 2. The van der Waals surface area contributed by atoms with Crippen molar-refractivity contribution >= 4 is 5.91 Å². The van der Waals surface area contributed by atoms with Gasteiger partial charge in [-0.3, -0.25) is 4.79 Å². The van der Waals surface area contributed by atoms with Gasteiger partial charge in [0, 0.05) is 12.1 Å². The first-order chi connectivity index (χ1) is 12.1. The Hall–Kier alpha value is -3.08. The number of amides is 1. The average molecular weight is 335 g/mol. The molecule has 0 aliphatic heterocycles. The molecule has 0 atom stereocenters. The average Bonchev–Trinajstić information content (AvgIpc) is 3.02. The van der Waals surface area contributed by atoms with E-state index in [1.807, 2.05) is 62.4 Å². The predicted octanol–water partition coefficient (Wildman–Crippen LogP) is 3.43. The highest BCUT2D eigenvalue weighted by atomic mass is 16.5. The molecule has 0 fully saturated rings. The molecule has 1 N–H and O–H groups in total. The van der Waals surface area contributed by atoms with Crippen LogP contribution >= 0.6 is 0 Å². The van der Waals surface area contributed by atoms with E-state index in [0.717, 1.165) is 22.7 Å². The summed E-state index contributed by atoms with van der Waals surface area (Å²) in [6, 6.07) is 15.7. The van der Waals surface area contributed by atoms with E-state index in [9.17, 15) is 4.79 Å². The number of aromatic nitrogens is 2. The summed E-state index contributed by atoms with van der Waals surface area (Å²) in [4.78, 5) is 12.5. The lowest BCUT2D eigenvalue weighted by Gasteiger charge is -2.10. The van der Waals surface area contributed by atoms with Gasteiger partial charge in [0.2, 0.25) is 0 Å². The van der Waals surface area contributed by atoms with Crippen molar-refractivity contribution in [1.82, 2.24) is 15.1 Å². The van der Waals surface area contributed by atoms with Gasteiger partial charge in [-0.05, 0) is 32.0 Å². The third-order valence-corrected chi connectivity index (χ3v) is 4.16. The second-order valence-electron chi connectivity index (χ2n) is 5.89. The summed E-state index contributed by atoms with van der Waals surface area (Å²) >= 11 is 0. The lowest BCUT2D eigenvalue weighted by atomic mass is 10.2. The van der Waals surface area contributed by atoms with Gasteiger partial charge >= 0.3 is 0 Å². The number of rotatable bonds is 5. The number of hydrogen-bond acceptors (Lipinski definition) is 3. The molecule has 0 saturated heterocycles. The number of aryl methyl sites for hydroxylation is 1. The number of methoxy groups -OCH3 is 1. The lowest BCUT2D eigenvalue weighted by molar-refractivity contribution is 0.0950. The topological polar surface area (TPSA) is 56.1 Å². The molecular formula is C20H21N3O2. The van der Waals surface area contributed by atoms with Crippen molar-refractivity contribution in [3.05, 3.63) is 77.1 Å². The van der Waals surface area contributed by atoms with E-state index in [4.69, 9.17) is 4.74 Å². The van der Waals surface area contributed by atoms with E-state index >= 15 is 0 Å². The maximum atomic E-state index is 12.5. The second-order valence-corrected chi connectivity index (χ2v) is 5.89. The number of para-hydroxylation sites is 1. The van der Waals surface area contributed by atoms with Crippen molar-refractivity contribution in [2.24, 2.45) is 0 Å². The Labute approximate surface area is 147 Å². The second kappa shape index (κ2) is 7.21. The fourth-order valence-corrected chi connectivity index (χ4v) is 2.70. The van der Waals surface area contributed by atoms with Crippen LogP contribution < -0.4 is 10.1 Å². The quantitative estimate of drug-likeness (QED) is 0.777. The van der Waals surface area contributed by atoms with E-state index in [1.54, 1.807) is 18.0 Å². The van der Waals surface area contributed by atoms with Crippen molar-refractivity contribution in [2.75, 3.05) is 7.11 Å². The highest BCUT2D eigenvalue weighted by Gasteiger charge is 2.15. The summed E-state index contributed by atoms with van der Waals surface area (Å²) in [5, 5.41) is 7.29. The van der Waals surface area contributed by atoms with Gasteiger partial charge in [-0.1, -0.05) is 35.9 Å². The Bertz CT molecular complexity index is 882. The number of carbonyl (C=O) groups excluding carboxylic acids is 1. The highest BCUT2D eigenvalue weighted by Crippen LogP contribution is 2.18. The van der Waals surface area contributed by atoms with Crippen molar-refractivity contribution in [3.8, 4) is 11.4 Å². The zero-order valence-corrected chi connectivity index (χ0v) is 14.6. The number of ether oxygens (including phenoxy) is 1. The molecule has 128 valence electrons. The summed E-state index contributed by atoms with van der Waals surface area (Å²) in [6.07, 6.45) is 1.60. The van der Waals surface area contributed by atoms with Crippen molar-refractivity contribution in [1.29, 1.82) is 0 Å². The van der Waals surface area contributed by atoms with Crippen LogP contribution in [0, 0.1) is 13.8 Å². The molecule has 25 heavy (non-hydrogen) atoms. The Balaban J connectivity index is 1.76. The van der Waals surface area contributed by atoms with Crippen molar-refractivity contribution < 1.29 is 9.53 Å². The molecule has 0 bridgehead atoms. The number of nitrogens with one attached hydrogen (secondary N) is 1. The van der Waals surface area contributed by atoms with Crippen LogP contribution in [0.25, 0.3) is 5.69 Å². The maximum absolute atomic E-state index is 12.5. The molecule has 3 rings (SSSR count). The van der Waals surface area contributed by atoms with Crippen LogP contribution in [0.15, 0.2) is 54.7 Å². The lowest BCUT2D eigenvalue weighted by Crippen LogP contribution is -2.23. The van der Waals surface area contributed by atoms with Crippen LogP contribution in [-0.4, -0.2) is 22.8 Å². The third-order valence-electron chi connectivity index (χ3n) is 4.16. The van der Waals surface area contributed by atoms with Gasteiger partial charge in [-0.15, -0.1) is 0 Å². The Morgan fingerprint density at radius 2 is 1.84 bits per heavy atom. The van der Waals surface area contributed by atoms with Gasteiger partial charge in [0.05, 0.1) is 30.3 Å². The van der Waals surface area contributed by atoms with Gasteiger partial charge in [0.15, 0.2) is 0 Å². The molecule has 1 heterocycles. The molecule has 0 radical (unpaired) electrons. The standard InChI is InChI=1S/C20H21N3O2/c1-14-8-10-17(11-9-14)23-15(2)18(13-22-23)20(24)21-12-16-6-4-5-7-19(16)25-3/h4-11,13H,12H2,1-3H3,(H,21,24). The van der Waals surface area contributed by atoms with Gasteiger partial charge in [-0.2, -0.15) is 5.10 Å². The summed E-state index contributed by atoms with van der Waals surface area (Å²) in [6.45, 7) is 4.33. The highest BCUT2D eigenvalue weighted by molar-refractivity contribution is 5.95. The molecule has 1 amide bonds. The molecule has 2 aromatic carbocycles. The zero-order valence-electron chi connectivity index (χ0n) is 14.6. The molecule has 3 aromatic rings. The Morgan fingerprint density at radius 1 is 1.12 bits per heavy atom. The third kappa shape index (κ3) is 3.55. The first kappa shape index (κ1) is 16.8. The molecule has 1 aromatic heterocycles. The summed E-state index contributed by atoms with van der Waals surface area (Å²) < 4.78 is 7.09. The van der Waals surface area contributed by atoms with Crippen LogP contribution in [-0.2, 0) is 6.54 Å². The summed E-state index contributed by atoms with van der Waals surface area (Å²) in [7, 11) is 1.62. The number of benzene rings is 2. The minimum absolute atomic E-state index is 0.151. The summed E-state index contributed by atoms with van der Waals surface area (Å²) in [5.41, 5.74) is 4.42. The minimum atomic E-state index is -0.151. The molecule has 5 heteroatoms. The first-order valence-electron chi connectivity index (χ1n) is 8.12. The van der Waals surface area contributed by atoms with Crippen molar-refractivity contribution in [3.63, 3.8) is 0 Å². The predicted molar refractivity (Wildman–Crippen MR) is 97.2 cm³/mol. The van der Waals surface area contributed by atoms with Crippen molar-refractivity contribution in [2.45, 2.75) is 20.4 Å². The van der Waals surface area contributed by atoms with Gasteiger partial charge in [0.1, 0.15) is 5.75 Å². The smallest absolute Gasteiger partial charge is 0.255 e. The van der Waals surface area contributed by atoms with E-state index in [-0.39, 0.29) is 5.91 Å². The zero-order chi connectivity index (χ0) is 17.8. The molecule has 0 aliphatic carbocycles. The molecule has 0 aliphatic rings.